The summed E-state index contributed by atoms with van der Waals surface area (Å²) in [5, 5.41) is 0. The van der Waals surface area contributed by atoms with Gasteiger partial charge in [0.05, 0.1) is 6.42 Å². The summed E-state index contributed by atoms with van der Waals surface area (Å²) in [7, 11) is 0. The van der Waals surface area contributed by atoms with Crippen LogP contribution in [0.2, 0.25) is 0 Å². The lowest BCUT2D eigenvalue weighted by atomic mass is 9.94. The Morgan fingerprint density at radius 3 is 2.79 bits per heavy atom. The Hall–Kier alpha value is -1.13. The van der Waals surface area contributed by atoms with E-state index in [9.17, 15) is 9.18 Å². The van der Waals surface area contributed by atoms with Crippen LogP contribution in [0.15, 0.2) is 24.3 Å². The van der Waals surface area contributed by atoms with Gasteiger partial charge in [0.15, 0.2) is 0 Å². The van der Waals surface area contributed by atoms with E-state index in [0.29, 0.717) is 24.6 Å². The predicted molar refractivity (Wildman–Crippen MR) is 75.7 cm³/mol. The Morgan fingerprint density at radius 1 is 1.47 bits per heavy atom. The number of likely N-dealkylation sites (tertiary alicyclic amines) is 1. The van der Waals surface area contributed by atoms with E-state index >= 15 is 0 Å². The summed E-state index contributed by atoms with van der Waals surface area (Å²) in [5.41, 5.74) is 6.38. The van der Waals surface area contributed by atoms with Gasteiger partial charge in [0.2, 0.25) is 5.91 Å². The third-order valence-corrected chi connectivity index (χ3v) is 3.62. The maximum absolute atomic E-state index is 13.5. The summed E-state index contributed by atoms with van der Waals surface area (Å²) >= 11 is 0. The molecule has 0 saturated carbocycles. The molecule has 1 aromatic rings. The highest BCUT2D eigenvalue weighted by atomic mass is 35.5. The number of benzene rings is 1. The van der Waals surface area contributed by atoms with Crippen LogP contribution in [0.5, 0.6) is 0 Å². The van der Waals surface area contributed by atoms with Gasteiger partial charge in [0.1, 0.15) is 5.82 Å². The molecule has 0 spiro atoms. The Balaban J connectivity index is 0.00000180. The van der Waals surface area contributed by atoms with Crippen molar-refractivity contribution < 1.29 is 9.18 Å². The van der Waals surface area contributed by atoms with E-state index in [2.05, 4.69) is 0 Å². The number of carbonyl (C=O) groups is 1. The summed E-state index contributed by atoms with van der Waals surface area (Å²) < 4.78 is 13.5. The number of nitrogens with zero attached hydrogens (tertiary/aromatic N) is 1. The van der Waals surface area contributed by atoms with Crippen LogP contribution >= 0.6 is 12.4 Å². The van der Waals surface area contributed by atoms with Crippen LogP contribution in [0, 0.1) is 11.7 Å². The van der Waals surface area contributed by atoms with Crippen molar-refractivity contribution in [3.05, 3.63) is 35.6 Å². The molecule has 0 aliphatic carbocycles. The van der Waals surface area contributed by atoms with E-state index in [1.807, 2.05) is 6.92 Å². The van der Waals surface area contributed by atoms with Crippen LogP contribution in [-0.2, 0) is 11.2 Å². The third kappa shape index (κ3) is 3.91. The molecule has 2 N–H and O–H groups in total. The quantitative estimate of drug-likeness (QED) is 0.904. The first-order chi connectivity index (χ1) is 8.58. The maximum Gasteiger partial charge on any atom is 0.227 e. The van der Waals surface area contributed by atoms with Gasteiger partial charge in [-0.05, 0) is 24.0 Å². The lowest BCUT2D eigenvalue weighted by Gasteiger charge is -2.35. The molecule has 1 amide bonds. The summed E-state index contributed by atoms with van der Waals surface area (Å²) in [6.07, 6.45) is 0.957. The lowest BCUT2D eigenvalue weighted by molar-refractivity contribution is -0.132. The van der Waals surface area contributed by atoms with E-state index in [1.165, 1.54) is 6.07 Å². The molecule has 2 atom stereocenters. The monoisotopic (exact) mass is 286 g/mol. The number of hydrogen-bond donors (Lipinski definition) is 1. The average Bonchev–Trinajstić information content (AvgIpc) is 2.35. The molecule has 0 aromatic heterocycles. The zero-order chi connectivity index (χ0) is 13.1. The Labute approximate surface area is 119 Å². The molecule has 1 aliphatic heterocycles. The average molecular weight is 287 g/mol. The van der Waals surface area contributed by atoms with Gasteiger partial charge < -0.3 is 10.6 Å². The second kappa shape index (κ2) is 6.87. The summed E-state index contributed by atoms with van der Waals surface area (Å²) in [6.45, 7) is 3.40. The topological polar surface area (TPSA) is 46.3 Å². The number of amides is 1. The van der Waals surface area contributed by atoms with Crippen LogP contribution < -0.4 is 5.73 Å². The summed E-state index contributed by atoms with van der Waals surface area (Å²) in [5.74, 6) is -0.0187. The molecule has 19 heavy (non-hydrogen) atoms. The highest BCUT2D eigenvalue weighted by Crippen LogP contribution is 2.16. The summed E-state index contributed by atoms with van der Waals surface area (Å²) in [4.78, 5) is 13.9. The number of piperidine rings is 1. The molecule has 1 aromatic carbocycles. The van der Waals surface area contributed by atoms with Crippen LogP contribution in [0.1, 0.15) is 18.9 Å². The van der Waals surface area contributed by atoms with Gasteiger partial charge in [-0.15, -0.1) is 12.4 Å². The fraction of sp³-hybridized carbons (Fsp3) is 0.500. The van der Waals surface area contributed by atoms with Crippen molar-refractivity contribution in [2.24, 2.45) is 11.7 Å². The first-order valence-corrected chi connectivity index (χ1v) is 6.34. The first kappa shape index (κ1) is 15.9. The fourth-order valence-electron chi connectivity index (χ4n) is 2.31. The van der Waals surface area contributed by atoms with Crippen molar-refractivity contribution in [3.63, 3.8) is 0 Å². The summed E-state index contributed by atoms with van der Waals surface area (Å²) in [6, 6.07) is 6.60. The maximum atomic E-state index is 13.5. The van der Waals surface area contributed by atoms with Crippen molar-refractivity contribution in [1.29, 1.82) is 0 Å². The van der Waals surface area contributed by atoms with Crippen LogP contribution in [0.3, 0.4) is 0 Å². The van der Waals surface area contributed by atoms with Crippen molar-refractivity contribution in [2.75, 3.05) is 13.1 Å². The number of nitrogens with two attached hydrogens (primary N) is 1. The zero-order valence-electron chi connectivity index (χ0n) is 11.0. The van der Waals surface area contributed by atoms with Crippen LogP contribution in [0.4, 0.5) is 4.39 Å². The van der Waals surface area contributed by atoms with Gasteiger partial charge in [0, 0.05) is 19.1 Å². The van der Waals surface area contributed by atoms with Crippen LogP contribution in [0.25, 0.3) is 0 Å². The van der Waals surface area contributed by atoms with Gasteiger partial charge in [-0.3, -0.25) is 4.79 Å². The van der Waals surface area contributed by atoms with E-state index < -0.39 is 0 Å². The van der Waals surface area contributed by atoms with Crippen molar-refractivity contribution in [3.8, 4) is 0 Å². The van der Waals surface area contributed by atoms with E-state index in [1.54, 1.807) is 23.1 Å². The minimum atomic E-state index is -0.312. The highest BCUT2D eigenvalue weighted by Gasteiger charge is 2.26. The zero-order valence-corrected chi connectivity index (χ0v) is 11.8. The van der Waals surface area contributed by atoms with Gasteiger partial charge in [0.25, 0.3) is 0 Å². The molecule has 2 rings (SSSR count). The molecular formula is C14H20ClFN2O. The molecule has 0 radical (unpaired) electrons. The van der Waals surface area contributed by atoms with Crippen molar-refractivity contribution in [1.82, 2.24) is 4.90 Å². The molecule has 1 heterocycles. The molecule has 1 fully saturated rings. The largest absolute Gasteiger partial charge is 0.342 e. The molecule has 0 bridgehead atoms. The normalized spacial score (nSPS) is 22.8. The standard InChI is InChI=1S/C14H19FN2O.ClH/c1-10-9-17(7-6-13(10)16)14(18)8-11-4-2-3-5-12(11)15;/h2-5,10,13H,6-9,16H2,1H3;1H. The fourth-order valence-corrected chi connectivity index (χ4v) is 2.31. The second-order valence-electron chi connectivity index (χ2n) is 5.04. The Morgan fingerprint density at radius 2 is 2.16 bits per heavy atom. The first-order valence-electron chi connectivity index (χ1n) is 6.34. The van der Waals surface area contributed by atoms with E-state index in [0.717, 1.165) is 6.42 Å². The minimum Gasteiger partial charge on any atom is -0.342 e. The molecule has 3 nitrogen and oxygen atoms in total. The molecule has 5 heteroatoms. The number of hydrogen-bond acceptors (Lipinski definition) is 2. The van der Waals surface area contributed by atoms with E-state index in [-0.39, 0.29) is 36.6 Å². The van der Waals surface area contributed by atoms with Crippen molar-refractivity contribution >= 4 is 18.3 Å². The molecule has 1 saturated heterocycles. The number of rotatable bonds is 2. The highest BCUT2D eigenvalue weighted by molar-refractivity contribution is 5.85. The number of halogens is 2. The number of carbonyl (C=O) groups excluding carboxylic acids is 1. The minimum absolute atomic E-state index is 0. The molecular weight excluding hydrogens is 267 g/mol. The van der Waals surface area contributed by atoms with Gasteiger partial charge in [-0.2, -0.15) is 0 Å². The van der Waals surface area contributed by atoms with Gasteiger partial charge >= 0.3 is 0 Å². The molecule has 2 unspecified atom stereocenters. The van der Waals surface area contributed by atoms with Crippen LogP contribution in [-0.4, -0.2) is 29.9 Å². The Kier molecular flexibility index (Phi) is 5.76. The van der Waals surface area contributed by atoms with Gasteiger partial charge in [-0.1, -0.05) is 25.1 Å². The SMILES string of the molecule is CC1CN(C(=O)Cc2ccccc2F)CCC1N.Cl. The van der Waals surface area contributed by atoms with Gasteiger partial charge in [-0.25, -0.2) is 4.39 Å². The smallest absolute Gasteiger partial charge is 0.227 e. The van der Waals surface area contributed by atoms with Crippen molar-refractivity contribution in [2.45, 2.75) is 25.8 Å². The Bertz CT molecular complexity index is 441. The predicted octanol–water partition coefficient (Wildman–Crippen LogP) is 1.99. The second-order valence-corrected chi connectivity index (χ2v) is 5.04. The third-order valence-electron chi connectivity index (χ3n) is 3.62. The molecule has 1 aliphatic rings. The van der Waals surface area contributed by atoms with E-state index in [4.69, 9.17) is 5.73 Å². The lowest BCUT2D eigenvalue weighted by Crippen LogP contribution is -2.48. The molecule has 106 valence electrons.